The lowest BCUT2D eigenvalue weighted by Crippen LogP contribution is -2.54. The van der Waals surface area contributed by atoms with Crippen molar-refractivity contribution < 1.29 is 9.59 Å². The second kappa shape index (κ2) is 5.19. The van der Waals surface area contributed by atoms with Crippen molar-refractivity contribution in [3.63, 3.8) is 0 Å². The van der Waals surface area contributed by atoms with Gasteiger partial charge in [0.15, 0.2) is 0 Å². The fourth-order valence-electron chi connectivity index (χ4n) is 2.55. The number of piperazine rings is 1. The van der Waals surface area contributed by atoms with Crippen molar-refractivity contribution in [1.29, 1.82) is 0 Å². The Kier molecular flexibility index (Phi) is 3.86. The summed E-state index contributed by atoms with van der Waals surface area (Å²) in [5.41, 5.74) is 0. The average molecular weight is 242 g/mol. The molecule has 1 saturated carbocycles. The third-order valence-corrected chi connectivity index (χ3v) is 4.48. The van der Waals surface area contributed by atoms with E-state index in [1.165, 1.54) is 6.42 Å². The van der Waals surface area contributed by atoms with Gasteiger partial charge in [0.1, 0.15) is 0 Å². The molecular formula is C11H18N2O2S. The van der Waals surface area contributed by atoms with Gasteiger partial charge in [0, 0.05) is 11.3 Å². The molecule has 2 fully saturated rings. The summed E-state index contributed by atoms with van der Waals surface area (Å²) in [7, 11) is 0. The molecule has 16 heavy (non-hydrogen) atoms. The minimum atomic E-state index is -0.150. The number of amides is 2. The monoisotopic (exact) mass is 242 g/mol. The molecule has 0 aromatic carbocycles. The van der Waals surface area contributed by atoms with Crippen molar-refractivity contribution >= 4 is 23.6 Å². The molecule has 0 spiro atoms. The van der Waals surface area contributed by atoms with Crippen LogP contribution in [-0.4, -0.2) is 46.8 Å². The van der Waals surface area contributed by atoms with E-state index in [2.05, 4.69) is 12.2 Å². The quantitative estimate of drug-likeness (QED) is 0.737. The van der Waals surface area contributed by atoms with Gasteiger partial charge in [-0.05, 0) is 25.0 Å². The van der Waals surface area contributed by atoms with Crippen molar-refractivity contribution in [1.82, 2.24) is 10.2 Å². The summed E-state index contributed by atoms with van der Waals surface area (Å²) >= 11 is 2.00. The minimum Gasteiger partial charge on any atom is -0.294 e. The van der Waals surface area contributed by atoms with Gasteiger partial charge in [0.25, 0.3) is 0 Å². The first-order chi connectivity index (χ1) is 7.69. The summed E-state index contributed by atoms with van der Waals surface area (Å²) in [6.45, 7) is 2.95. The maximum atomic E-state index is 11.3. The van der Waals surface area contributed by atoms with Crippen molar-refractivity contribution in [2.75, 3.05) is 18.8 Å². The van der Waals surface area contributed by atoms with E-state index in [1.807, 2.05) is 16.7 Å². The second-order valence-corrected chi connectivity index (χ2v) is 6.00. The normalized spacial score (nSPS) is 31.8. The minimum absolute atomic E-state index is 0.150. The van der Waals surface area contributed by atoms with E-state index in [0.717, 1.165) is 23.8 Å². The topological polar surface area (TPSA) is 49.4 Å². The van der Waals surface area contributed by atoms with Crippen LogP contribution in [0.15, 0.2) is 0 Å². The highest BCUT2D eigenvalue weighted by Gasteiger charge is 2.33. The first-order valence-electron chi connectivity index (χ1n) is 5.87. The van der Waals surface area contributed by atoms with Crippen LogP contribution >= 0.6 is 11.8 Å². The Bertz CT molecular complexity index is 280. The van der Waals surface area contributed by atoms with Crippen LogP contribution in [0.3, 0.4) is 0 Å². The molecule has 0 bridgehead atoms. The molecule has 0 aromatic heterocycles. The summed E-state index contributed by atoms with van der Waals surface area (Å²) in [4.78, 5) is 24.6. The smallest absolute Gasteiger partial charge is 0.240 e. The van der Waals surface area contributed by atoms with Crippen molar-refractivity contribution in [2.24, 2.45) is 0 Å². The number of nitrogens with one attached hydrogen (secondary N) is 1. The Hall–Kier alpha value is -0.550. The fourth-order valence-corrected chi connectivity index (χ4v) is 3.69. The standard InChI is InChI=1S/C11H18N2O2S/c1-2-16-9-4-3-8(5-9)13-6-10(14)12-11(15)7-13/h8-9H,2-7H2,1H3,(H,12,14,15). The van der Waals surface area contributed by atoms with Gasteiger partial charge in [-0.25, -0.2) is 0 Å². The molecule has 0 aromatic rings. The highest BCUT2D eigenvalue weighted by molar-refractivity contribution is 7.99. The lowest BCUT2D eigenvalue weighted by molar-refractivity contribution is -0.137. The van der Waals surface area contributed by atoms with Crippen LogP contribution in [0, 0.1) is 0 Å². The average Bonchev–Trinajstić information content (AvgIpc) is 2.65. The Morgan fingerprint density at radius 3 is 2.62 bits per heavy atom. The van der Waals surface area contributed by atoms with Crippen LogP contribution in [0.4, 0.5) is 0 Å². The number of carbonyl (C=O) groups excluding carboxylic acids is 2. The van der Waals surface area contributed by atoms with Crippen molar-refractivity contribution in [2.45, 2.75) is 37.5 Å². The number of thioether (sulfide) groups is 1. The van der Waals surface area contributed by atoms with Crippen molar-refractivity contribution in [3.05, 3.63) is 0 Å². The molecule has 2 rings (SSSR count). The summed E-state index contributed by atoms with van der Waals surface area (Å²) in [6.07, 6.45) is 3.47. The molecule has 2 atom stereocenters. The van der Waals surface area contributed by atoms with E-state index in [1.54, 1.807) is 0 Å². The molecule has 1 saturated heterocycles. The third-order valence-electron chi connectivity index (χ3n) is 3.25. The van der Waals surface area contributed by atoms with Crippen LogP contribution in [0.1, 0.15) is 26.2 Å². The lowest BCUT2D eigenvalue weighted by Gasteiger charge is -2.30. The Balaban J connectivity index is 1.88. The van der Waals surface area contributed by atoms with E-state index in [-0.39, 0.29) is 11.8 Å². The molecule has 2 amide bonds. The molecule has 1 N–H and O–H groups in total. The molecular weight excluding hydrogens is 224 g/mol. The number of hydrogen-bond donors (Lipinski definition) is 1. The predicted molar refractivity (Wildman–Crippen MR) is 64.3 cm³/mol. The van der Waals surface area contributed by atoms with Crippen LogP contribution in [0.25, 0.3) is 0 Å². The van der Waals surface area contributed by atoms with Gasteiger partial charge >= 0.3 is 0 Å². The van der Waals surface area contributed by atoms with Gasteiger partial charge in [-0.15, -0.1) is 0 Å². The number of hydrogen-bond acceptors (Lipinski definition) is 4. The molecule has 4 nitrogen and oxygen atoms in total. The fraction of sp³-hybridized carbons (Fsp3) is 0.818. The predicted octanol–water partition coefficient (Wildman–Crippen LogP) is 0.619. The van der Waals surface area contributed by atoms with Gasteiger partial charge in [-0.1, -0.05) is 6.92 Å². The Morgan fingerprint density at radius 1 is 1.31 bits per heavy atom. The second-order valence-electron chi connectivity index (χ2n) is 4.42. The van der Waals surface area contributed by atoms with Gasteiger partial charge < -0.3 is 0 Å². The molecule has 2 unspecified atom stereocenters. The van der Waals surface area contributed by atoms with Crippen LogP contribution < -0.4 is 5.32 Å². The Labute approximate surface area is 100 Å². The van der Waals surface area contributed by atoms with Crippen LogP contribution in [-0.2, 0) is 9.59 Å². The molecule has 1 heterocycles. The summed E-state index contributed by atoms with van der Waals surface area (Å²) in [6, 6.07) is 0.430. The zero-order chi connectivity index (χ0) is 11.5. The zero-order valence-corrected chi connectivity index (χ0v) is 10.4. The van der Waals surface area contributed by atoms with Crippen LogP contribution in [0.5, 0.6) is 0 Å². The summed E-state index contributed by atoms with van der Waals surface area (Å²) < 4.78 is 0. The number of rotatable bonds is 3. The highest BCUT2D eigenvalue weighted by atomic mass is 32.2. The number of carbonyl (C=O) groups is 2. The molecule has 1 aliphatic heterocycles. The van der Waals surface area contributed by atoms with E-state index in [4.69, 9.17) is 0 Å². The molecule has 1 aliphatic carbocycles. The first kappa shape index (κ1) is 11.9. The maximum absolute atomic E-state index is 11.3. The zero-order valence-electron chi connectivity index (χ0n) is 9.57. The molecule has 0 radical (unpaired) electrons. The van der Waals surface area contributed by atoms with Gasteiger partial charge in [0.05, 0.1) is 13.1 Å². The first-order valence-corrected chi connectivity index (χ1v) is 6.92. The van der Waals surface area contributed by atoms with Gasteiger partial charge in [0.2, 0.25) is 11.8 Å². The lowest BCUT2D eigenvalue weighted by atomic mass is 10.2. The summed E-state index contributed by atoms with van der Waals surface area (Å²) in [5, 5.41) is 3.06. The largest absolute Gasteiger partial charge is 0.294 e. The number of imide groups is 1. The van der Waals surface area contributed by atoms with E-state index < -0.39 is 0 Å². The third kappa shape index (κ3) is 2.77. The maximum Gasteiger partial charge on any atom is 0.240 e. The van der Waals surface area contributed by atoms with Gasteiger partial charge in [-0.3, -0.25) is 19.8 Å². The molecule has 5 heteroatoms. The van der Waals surface area contributed by atoms with E-state index >= 15 is 0 Å². The number of nitrogens with zero attached hydrogens (tertiary/aromatic N) is 1. The van der Waals surface area contributed by atoms with Crippen molar-refractivity contribution in [3.8, 4) is 0 Å². The van der Waals surface area contributed by atoms with Crippen LogP contribution in [0.2, 0.25) is 0 Å². The van der Waals surface area contributed by atoms with E-state index in [9.17, 15) is 9.59 Å². The molecule has 90 valence electrons. The summed E-state index contributed by atoms with van der Waals surface area (Å²) in [5.74, 6) is 0.849. The van der Waals surface area contributed by atoms with Gasteiger partial charge in [-0.2, -0.15) is 11.8 Å². The molecule has 2 aliphatic rings. The SMILES string of the molecule is CCSC1CCC(N2CC(=O)NC(=O)C2)C1. The van der Waals surface area contributed by atoms with E-state index in [0.29, 0.717) is 19.1 Å². The Morgan fingerprint density at radius 2 is 2.00 bits per heavy atom. The highest BCUT2D eigenvalue weighted by Crippen LogP contribution is 2.32.